The number of hydrogen-bond acceptors (Lipinski definition) is 3. The summed E-state index contributed by atoms with van der Waals surface area (Å²) >= 11 is 0. The Morgan fingerprint density at radius 2 is 1.47 bits per heavy atom. The van der Waals surface area contributed by atoms with Crippen molar-refractivity contribution in [2.24, 2.45) is 0 Å². The van der Waals surface area contributed by atoms with Gasteiger partial charge in [-0.25, -0.2) is 21.6 Å². The summed E-state index contributed by atoms with van der Waals surface area (Å²) in [5.74, 6) is -3.02. The minimum atomic E-state index is -3.68. The minimum Gasteiger partial charge on any atom is -0.317 e. The van der Waals surface area contributed by atoms with E-state index >= 15 is 0 Å². The molecule has 3 aromatic carbocycles. The number of rotatable bonds is 6. The van der Waals surface area contributed by atoms with Gasteiger partial charge >= 0.3 is 0 Å². The maximum atomic E-state index is 13.7. The van der Waals surface area contributed by atoms with E-state index in [1.165, 1.54) is 54.6 Å². The lowest BCUT2D eigenvalue weighted by Gasteiger charge is -2.22. The van der Waals surface area contributed by atoms with E-state index in [2.05, 4.69) is 5.32 Å². The summed E-state index contributed by atoms with van der Waals surface area (Å²) in [7, 11) is -3.68. The van der Waals surface area contributed by atoms with E-state index in [-0.39, 0.29) is 17.8 Å². The molecule has 0 spiro atoms. The molecule has 156 valence electrons. The topological polar surface area (TPSA) is 66.5 Å². The van der Waals surface area contributed by atoms with Gasteiger partial charge in [-0.3, -0.25) is 9.10 Å². The maximum Gasteiger partial charge on any atom is 0.255 e. The summed E-state index contributed by atoms with van der Waals surface area (Å²) in [6, 6.07) is 14.1. The van der Waals surface area contributed by atoms with Crippen LogP contribution in [0.3, 0.4) is 0 Å². The molecule has 0 atom stereocenters. The van der Waals surface area contributed by atoms with Crippen molar-refractivity contribution in [3.8, 4) is 0 Å². The Morgan fingerprint density at radius 3 is 2.00 bits per heavy atom. The van der Waals surface area contributed by atoms with Crippen LogP contribution in [0.5, 0.6) is 0 Å². The lowest BCUT2D eigenvalue weighted by Crippen LogP contribution is -2.29. The number of anilines is 2. The van der Waals surface area contributed by atoms with Crippen molar-refractivity contribution in [1.29, 1.82) is 0 Å². The number of carbonyl (C=O) groups excluding carboxylic acids is 1. The van der Waals surface area contributed by atoms with Gasteiger partial charge < -0.3 is 5.32 Å². The van der Waals surface area contributed by atoms with Crippen molar-refractivity contribution in [2.45, 2.75) is 6.54 Å². The van der Waals surface area contributed by atoms with Gasteiger partial charge in [0.15, 0.2) is 0 Å². The standard InChI is InChI=1S/C21H17F3N2O3S/c1-30(28,29)26(13-14-5-9-16(22)10-6-14)17-11-7-15(8-12-17)21(27)25-20-18(23)3-2-4-19(20)24/h2-12H,13H2,1H3,(H,25,27). The van der Waals surface area contributed by atoms with Gasteiger partial charge in [0, 0.05) is 5.56 Å². The molecule has 0 unspecified atom stereocenters. The largest absolute Gasteiger partial charge is 0.317 e. The number of halogens is 3. The fraction of sp³-hybridized carbons (Fsp3) is 0.0952. The van der Waals surface area contributed by atoms with E-state index < -0.39 is 39.1 Å². The summed E-state index contributed by atoms with van der Waals surface area (Å²) in [5.41, 5.74) is 0.353. The first-order valence-corrected chi connectivity index (χ1v) is 10.6. The molecule has 1 N–H and O–H groups in total. The second kappa shape index (κ2) is 8.58. The van der Waals surface area contributed by atoms with E-state index in [0.29, 0.717) is 5.56 Å². The van der Waals surface area contributed by atoms with Gasteiger partial charge in [0.25, 0.3) is 5.91 Å². The number of benzene rings is 3. The molecule has 3 aromatic rings. The van der Waals surface area contributed by atoms with Crippen molar-refractivity contribution in [3.63, 3.8) is 0 Å². The minimum absolute atomic E-state index is 0.0366. The van der Waals surface area contributed by atoms with Crippen molar-refractivity contribution >= 4 is 27.3 Å². The smallest absolute Gasteiger partial charge is 0.255 e. The van der Waals surface area contributed by atoms with Gasteiger partial charge in [0.05, 0.1) is 18.5 Å². The van der Waals surface area contributed by atoms with Crippen LogP contribution in [0.4, 0.5) is 24.5 Å². The van der Waals surface area contributed by atoms with Crippen molar-refractivity contribution in [1.82, 2.24) is 0 Å². The average molecular weight is 434 g/mol. The summed E-state index contributed by atoms with van der Waals surface area (Å²) < 4.78 is 66.1. The molecule has 3 rings (SSSR count). The van der Waals surface area contributed by atoms with Crippen LogP contribution in [0.25, 0.3) is 0 Å². The van der Waals surface area contributed by atoms with E-state index in [9.17, 15) is 26.4 Å². The normalized spacial score (nSPS) is 11.2. The highest BCUT2D eigenvalue weighted by molar-refractivity contribution is 7.92. The lowest BCUT2D eigenvalue weighted by molar-refractivity contribution is 0.102. The fourth-order valence-electron chi connectivity index (χ4n) is 2.74. The first-order valence-electron chi connectivity index (χ1n) is 8.73. The predicted molar refractivity (Wildman–Crippen MR) is 108 cm³/mol. The van der Waals surface area contributed by atoms with Crippen molar-refractivity contribution in [3.05, 3.63) is 95.3 Å². The molecular formula is C21H17F3N2O3S. The lowest BCUT2D eigenvalue weighted by atomic mass is 10.1. The number of hydrogen-bond donors (Lipinski definition) is 1. The first-order chi connectivity index (χ1) is 14.1. The van der Waals surface area contributed by atoms with Gasteiger partial charge in [-0.2, -0.15) is 0 Å². The first kappa shape index (κ1) is 21.4. The number of nitrogens with one attached hydrogen (secondary N) is 1. The molecule has 0 aliphatic heterocycles. The number of para-hydroxylation sites is 1. The van der Waals surface area contributed by atoms with Gasteiger partial charge in [-0.15, -0.1) is 0 Å². The van der Waals surface area contributed by atoms with E-state index in [4.69, 9.17) is 0 Å². The molecule has 0 bridgehead atoms. The fourth-order valence-corrected chi connectivity index (χ4v) is 3.63. The molecule has 1 amide bonds. The van der Waals surface area contributed by atoms with Gasteiger partial charge in [0.1, 0.15) is 23.1 Å². The molecule has 0 saturated heterocycles. The predicted octanol–water partition coefficient (Wildman–Crippen LogP) is 4.32. The number of nitrogens with zero attached hydrogens (tertiary/aromatic N) is 1. The quantitative estimate of drug-likeness (QED) is 0.628. The van der Waals surface area contributed by atoms with Gasteiger partial charge in [-0.1, -0.05) is 18.2 Å². The Bertz CT molecular complexity index is 1140. The molecule has 9 heteroatoms. The van der Waals surface area contributed by atoms with E-state index in [0.717, 1.165) is 22.7 Å². The molecular weight excluding hydrogens is 417 g/mol. The van der Waals surface area contributed by atoms with Crippen LogP contribution >= 0.6 is 0 Å². The van der Waals surface area contributed by atoms with E-state index in [1.54, 1.807) is 0 Å². The Balaban J connectivity index is 1.82. The molecule has 0 heterocycles. The average Bonchev–Trinajstić information content (AvgIpc) is 2.69. The summed E-state index contributed by atoms with van der Waals surface area (Å²) in [4.78, 5) is 12.3. The molecule has 5 nitrogen and oxygen atoms in total. The zero-order chi connectivity index (χ0) is 21.9. The van der Waals surface area contributed by atoms with Crippen LogP contribution < -0.4 is 9.62 Å². The van der Waals surface area contributed by atoms with Crippen molar-refractivity contribution in [2.75, 3.05) is 15.9 Å². The summed E-state index contributed by atoms with van der Waals surface area (Å²) in [6.07, 6.45) is 1.03. The third-order valence-corrected chi connectivity index (χ3v) is 5.40. The SMILES string of the molecule is CS(=O)(=O)N(Cc1ccc(F)cc1)c1ccc(C(=O)Nc2c(F)cccc2F)cc1. The number of amides is 1. The second-order valence-corrected chi connectivity index (χ2v) is 8.40. The van der Waals surface area contributed by atoms with Crippen LogP contribution in [0.15, 0.2) is 66.7 Å². The van der Waals surface area contributed by atoms with Gasteiger partial charge in [-0.05, 0) is 54.1 Å². The van der Waals surface area contributed by atoms with E-state index in [1.807, 2.05) is 0 Å². The monoisotopic (exact) mass is 434 g/mol. The second-order valence-electron chi connectivity index (χ2n) is 6.49. The Morgan fingerprint density at radius 1 is 0.900 bits per heavy atom. The third kappa shape index (κ3) is 4.98. The molecule has 0 saturated carbocycles. The molecule has 0 aliphatic rings. The third-order valence-electron chi connectivity index (χ3n) is 4.26. The number of carbonyl (C=O) groups is 1. The van der Waals surface area contributed by atoms with Crippen LogP contribution in [0.2, 0.25) is 0 Å². The molecule has 0 fully saturated rings. The summed E-state index contributed by atoms with van der Waals surface area (Å²) in [5, 5.41) is 2.16. The summed E-state index contributed by atoms with van der Waals surface area (Å²) in [6.45, 7) is -0.0366. The number of sulfonamides is 1. The Kier molecular flexibility index (Phi) is 6.12. The highest BCUT2D eigenvalue weighted by Gasteiger charge is 2.19. The molecule has 0 radical (unpaired) electrons. The van der Waals surface area contributed by atoms with Crippen LogP contribution in [0.1, 0.15) is 15.9 Å². The zero-order valence-corrected chi connectivity index (χ0v) is 16.6. The van der Waals surface area contributed by atoms with Gasteiger partial charge in [0.2, 0.25) is 10.0 Å². The highest BCUT2D eigenvalue weighted by atomic mass is 32.2. The molecule has 0 aliphatic carbocycles. The Labute approximate surface area is 171 Å². The zero-order valence-electron chi connectivity index (χ0n) is 15.8. The Hall–Kier alpha value is -3.33. The van der Waals surface area contributed by atoms with Crippen LogP contribution in [0, 0.1) is 17.5 Å². The molecule has 0 aromatic heterocycles. The van der Waals surface area contributed by atoms with Crippen LogP contribution in [-0.4, -0.2) is 20.6 Å². The van der Waals surface area contributed by atoms with Crippen LogP contribution in [-0.2, 0) is 16.6 Å². The molecule has 30 heavy (non-hydrogen) atoms. The highest BCUT2D eigenvalue weighted by Crippen LogP contribution is 2.23. The van der Waals surface area contributed by atoms with Crippen molar-refractivity contribution < 1.29 is 26.4 Å². The maximum absolute atomic E-state index is 13.7.